The Balaban J connectivity index is 1.93. The van der Waals surface area contributed by atoms with Crippen LogP contribution in [0.1, 0.15) is 50.3 Å². The zero-order valence-electron chi connectivity index (χ0n) is 26.1. The van der Waals surface area contributed by atoms with Gasteiger partial charge < -0.3 is 15.0 Å². The van der Waals surface area contributed by atoms with Crippen LogP contribution in [0.4, 0.5) is 18.9 Å². The van der Waals surface area contributed by atoms with Crippen LogP contribution in [0.25, 0.3) is 0 Å². The van der Waals surface area contributed by atoms with Crippen LogP contribution in [-0.4, -0.2) is 56.6 Å². The van der Waals surface area contributed by atoms with E-state index >= 15 is 0 Å². The number of carbonyl (C=O) groups excluding carboxylic acids is 2. The Bertz CT molecular complexity index is 1560. The van der Waals surface area contributed by atoms with Gasteiger partial charge in [-0.25, -0.2) is 8.42 Å². The molecule has 45 heavy (non-hydrogen) atoms. The number of hydrogen-bond acceptors (Lipinski definition) is 5. The molecular formula is C33H40F3N3O5S. The molecule has 1 N–H and O–H groups in total. The van der Waals surface area contributed by atoms with E-state index in [1.807, 2.05) is 57.2 Å². The van der Waals surface area contributed by atoms with Crippen molar-refractivity contribution in [1.82, 2.24) is 10.2 Å². The van der Waals surface area contributed by atoms with Gasteiger partial charge in [0.05, 0.1) is 24.6 Å². The number of rotatable bonds is 13. The molecule has 0 bridgehead atoms. The largest absolute Gasteiger partial charge is 0.497 e. The fourth-order valence-electron chi connectivity index (χ4n) is 4.82. The number of halogens is 3. The van der Waals surface area contributed by atoms with Gasteiger partial charge in [-0.3, -0.25) is 13.9 Å². The van der Waals surface area contributed by atoms with Gasteiger partial charge in [-0.05, 0) is 68.7 Å². The van der Waals surface area contributed by atoms with Crippen LogP contribution in [0, 0.1) is 0 Å². The van der Waals surface area contributed by atoms with E-state index in [0.29, 0.717) is 11.3 Å². The summed E-state index contributed by atoms with van der Waals surface area (Å²) in [5.41, 5.74) is -0.173. The third-order valence-corrected chi connectivity index (χ3v) is 8.06. The summed E-state index contributed by atoms with van der Waals surface area (Å²) in [6.45, 7) is 5.34. The van der Waals surface area contributed by atoms with Crippen LogP contribution in [0.3, 0.4) is 0 Å². The summed E-state index contributed by atoms with van der Waals surface area (Å²) in [5.74, 6) is -0.201. The summed E-state index contributed by atoms with van der Waals surface area (Å²) < 4.78 is 71.5. The van der Waals surface area contributed by atoms with E-state index in [2.05, 4.69) is 5.32 Å². The molecule has 0 saturated heterocycles. The molecular weight excluding hydrogens is 607 g/mol. The van der Waals surface area contributed by atoms with Crippen molar-refractivity contribution < 1.29 is 35.9 Å². The Kier molecular flexibility index (Phi) is 11.7. The smallest absolute Gasteiger partial charge is 0.416 e. The maximum absolute atomic E-state index is 14.0. The molecule has 0 aliphatic rings. The molecule has 0 saturated carbocycles. The minimum atomic E-state index is -4.66. The molecule has 2 amide bonds. The van der Waals surface area contributed by atoms with Gasteiger partial charge in [-0.1, -0.05) is 48.5 Å². The Morgan fingerprint density at radius 2 is 1.56 bits per heavy atom. The Morgan fingerprint density at radius 3 is 2.16 bits per heavy atom. The molecule has 0 aromatic heterocycles. The van der Waals surface area contributed by atoms with Crippen LogP contribution in [-0.2, 0) is 38.8 Å². The first-order valence-electron chi connectivity index (χ1n) is 14.4. The minimum absolute atomic E-state index is 0.00426. The lowest BCUT2D eigenvalue weighted by atomic mass is 10.00. The van der Waals surface area contributed by atoms with Crippen molar-refractivity contribution in [3.05, 3.63) is 95.6 Å². The number of carbonyl (C=O) groups is 2. The molecule has 3 aromatic rings. The van der Waals surface area contributed by atoms with Gasteiger partial charge >= 0.3 is 6.18 Å². The summed E-state index contributed by atoms with van der Waals surface area (Å²) in [6.07, 6.45) is -3.70. The second-order valence-electron chi connectivity index (χ2n) is 11.8. The Labute approximate surface area is 263 Å². The fraction of sp³-hybridized carbons (Fsp3) is 0.394. The Morgan fingerprint density at radius 1 is 0.911 bits per heavy atom. The SMILES string of the molecule is COc1cccc(CN(C(=O)CCCN(c2cccc(C(F)(F)F)c2)S(C)(=O)=O)C(Cc2ccccc2)C(=O)NC(C)(C)C)c1. The van der Waals surface area contributed by atoms with Crippen LogP contribution in [0.15, 0.2) is 78.9 Å². The quantitative estimate of drug-likeness (QED) is 0.253. The van der Waals surface area contributed by atoms with Crippen LogP contribution >= 0.6 is 0 Å². The minimum Gasteiger partial charge on any atom is -0.497 e. The monoisotopic (exact) mass is 647 g/mol. The summed E-state index contributed by atoms with van der Waals surface area (Å²) >= 11 is 0. The second kappa shape index (κ2) is 14.8. The average molecular weight is 648 g/mol. The molecule has 0 spiro atoms. The van der Waals surface area contributed by atoms with E-state index in [0.717, 1.165) is 34.3 Å². The van der Waals surface area contributed by atoms with Crippen molar-refractivity contribution in [3.8, 4) is 5.75 Å². The molecule has 3 rings (SSSR count). The first-order valence-corrected chi connectivity index (χ1v) is 16.3. The highest BCUT2D eigenvalue weighted by atomic mass is 32.2. The third kappa shape index (κ3) is 10.8. The molecule has 1 unspecified atom stereocenters. The predicted octanol–water partition coefficient (Wildman–Crippen LogP) is 5.82. The number of alkyl halides is 3. The van der Waals surface area contributed by atoms with E-state index in [4.69, 9.17) is 4.74 Å². The number of nitrogens with zero attached hydrogens (tertiary/aromatic N) is 2. The zero-order valence-corrected chi connectivity index (χ0v) is 26.9. The fourth-order valence-corrected chi connectivity index (χ4v) is 5.77. The standard InChI is InChI=1S/C33H40F3N3O5S/c1-32(2,3)37-31(41)29(21-24-12-7-6-8-13-24)38(23-25-14-9-17-28(20-25)44-4)30(40)18-11-19-39(45(5,42)43)27-16-10-15-26(22-27)33(34,35)36/h6-10,12-17,20,22,29H,11,18-19,21,23H2,1-5H3,(H,37,41). The topological polar surface area (TPSA) is 96.0 Å². The Hall–Kier alpha value is -4.06. The lowest BCUT2D eigenvalue weighted by molar-refractivity contribution is -0.142. The number of anilines is 1. The first-order chi connectivity index (χ1) is 21.0. The molecule has 8 nitrogen and oxygen atoms in total. The zero-order chi connectivity index (χ0) is 33.4. The van der Waals surface area contributed by atoms with Crippen molar-refractivity contribution in [2.75, 3.05) is 24.2 Å². The summed E-state index contributed by atoms with van der Waals surface area (Å²) in [7, 11) is -2.46. The number of nitrogens with one attached hydrogen (secondary N) is 1. The number of hydrogen-bond donors (Lipinski definition) is 1. The summed E-state index contributed by atoms with van der Waals surface area (Å²) in [4.78, 5) is 29.1. The molecule has 0 fully saturated rings. The van der Waals surface area contributed by atoms with Gasteiger partial charge in [0.25, 0.3) is 0 Å². The normalized spacial score (nSPS) is 12.7. The first kappa shape index (κ1) is 35.4. The van der Waals surface area contributed by atoms with Gasteiger partial charge in [0, 0.05) is 31.5 Å². The highest BCUT2D eigenvalue weighted by Crippen LogP contribution is 2.32. The van der Waals surface area contributed by atoms with E-state index in [9.17, 15) is 31.2 Å². The van der Waals surface area contributed by atoms with E-state index in [1.165, 1.54) is 18.1 Å². The number of benzene rings is 3. The maximum Gasteiger partial charge on any atom is 0.416 e. The predicted molar refractivity (Wildman–Crippen MR) is 168 cm³/mol. The third-order valence-electron chi connectivity index (χ3n) is 6.87. The van der Waals surface area contributed by atoms with Gasteiger partial charge in [0.2, 0.25) is 21.8 Å². The number of sulfonamides is 1. The van der Waals surface area contributed by atoms with Crippen LogP contribution < -0.4 is 14.4 Å². The molecule has 3 aromatic carbocycles. The van der Waals surface area contributed by atoms with E-state index in [-0.39, 0.29) is 43.9 Å². The molecule has 0 heterocycles. The van der Waals surface area contributed by atoms with Crippen molar-refractivity contribution >= 4 is 27.5 Å². The molecule has 0 radical (unpaired) electrons. The van der Waals surface area contributed by atoms with E-state index < -0.39 is 39.3 Å². The van der Waals surface area contributed by atoms with Gasteiger partial charge in [-0.2, -0.15) is 13.2 Å². The molecule has 1 atom stereocenters. The van der Waals surface area contributed by atoms with Crippen molar-refractivity contribution in [2.45, 2.75) is 64.3 Å². The number of amides is 2. The summed E-state index contributed by atoms with van der Waals surface area (Å²) in [5, 5.41) is 2.98. The molecule has 12 heteroatoms. The second-order valence-corrected chi connectivity index (χ2v) is 13.7. The highest BCUT2D eigenvalue weighted by Gasteiger charge is 2.33. The van der Waals surface area contributed by atoms with Crippen molar-refractivity contribution in [2.24, 2.45) is 0 Å². The van der Waals surface area contributed by atoms with Gasteiger partial charge in [0.15, 0.2) is 0 Å². The number of methoxy groups -OCH3 is 1. The lowest BCUT2D eigenvalue weighted by Crippen LogP contribution is -2.54. The molecule has 0 aliphatic heterocycles. The number of ether oxygens (including phenoxy) is 1. The highest BCUT2D eigenvalue weighted by molar-refractivity contribution is 7.92. The lowest BCUT2D eigenvalue weighted by Gasteiger charge is -2.34. The average Bonchev–Trinajstić information content (AvgIpc) is 2.95. The van der Waals surface area contributed by atoms with E-state index in [1.54, 1.807) is 18.2 Å². The summed E-state index contributed by atoms with van der Waals surface area (Å²) in [6, 6.07) is 19.5. The molecule has 0 aliphatic carbocycles. The van der Waals surface area contributed by atoms with Crippen molar-refractivity contribution in [3.63, 3.8) is 0 Å². The molecule has 244 valence electrons. The van der Waals surface area contributed by atoms with Crippen LogP contribution in [0.5, 0.6) is 5.75 Å². The van der Waals surface area contributed by atoms with Gasteiger partial charge in [-0.15, -0.1) is 0 Å². The van der Waals surface area contributed by atoms with Crippen molar-refractivity contribution in [1.29, 1.82) is 0 Å². The van der Waals surface area contributed by atoms with Gasteiger partial charge in [0.1, 0.15) is 11.8 Å². The van der Waals surface area contributed by atoms with Crippen LogP contribution in [0.2, 0.25) is 0 Å². The maximum atomic E-state index is 14.0.